The summed E-state index contributed by atoms with van der Waals surface area (Å²) in [7, 11) is -2.76. The van der Waals surface area contributed by atoms with E-state index in [1.54, 1.807) is 0 Å². The number of hydrogen-bond acceptors (Lipinski definition) is 3. The standard InChI is InChI=1S/C9H19NO2S/c1-8(2)6-10-9(3)4-5-13(11,12)7-9/h8,10H,4-7H2,1-3H3. The minimum absolute atomic E-state index is 0.177. The summed E-state index contributed by atoms with van der Waals surface area (Å²) >= 11 is 0. The summed E-state index contributed by atoms with van der Waals surface area (Å²) in [6.07, 6.45) is 0.752. The van der Waals surface area contributed by atoms with Crippen LogP contribution in [0.15, 0.2) is 0 Å². The molecule has 1 unspecified atom stereocenters. The molecule has 1 aliphatic heterocycles. The second-order valence-corrected chi connectivity index (χ2v) is 6.86. The predicted molar refractivity (Wildman–Crippen MR) is 54.5 cm³/mol. The molecular weight excluding hydrogens is 186 g/mol. The van der Waals surface area contributed by atoms with Gasteiger partial charge in [0.1, 0.15) is 0 Å². The third-order valence-corrected chi connectivity index (χ3v) is 4.34. The van der Waals surface area contributed by atoms with Crippen molar-refractivity contribution in [1.82, 2.24) is 5.32 Å². The Bertz CT molecular complexity index is 271. The molecule has 0 amide bonds. The summed E-state index contributed by atoms with van der Waals surface area (Å²) in [5, 5.41) is 3.33. The minimum atomic E-state index is -2.76. The van der Waals surface area contributed by atoms with Gasteiger partial charge in [0, 0.05) is 5.54 Å². The SMILES string of the molecule is CC(C)CNC1(C)CCS(=O)(=O)C1. The largest absolute Gasteiger partial charge is 0.310 e. The number of sulfone groups is 1. The molecule has 0 bridgehead atoms. The van der Waals surface area contributed by atoms with Crippen LogP contribution in [0.1, 0.15) is 27.2 Å². The Balaban J connectivity index is 2.50. The van der Waals surface area contributed by atoms with Gasteiger partial charge in [-0.05, 0) is 25.8 Å². The molecule has 1 atom stereocenters. The van der Waals surface area contributed by atoms with Crippen LogP contribution in [-0.2, 0) is 9.84 Å². The molecule has 0 aliphatic carbocycles. The Labute approximate surface area is 80.8 Å². The van der Waals surface area contributed by atoms with Crippen LogP contribution in [0.2, 0.25) is 0 Å². The first-order valence-corrected chi connectivity index (χ1v) is 6.61. The van der Waals surface area contributed by atoms with E-state index in [-0.39, 0.29) is 5.54 Å². The van der Waals surface area contributed by atoms with Crippen molar-refractivity contribution < 1.29 is 8.42 Å². The third kappa shape index (κ3) is 3.27. The minimum Gasteiger partial charge on any atom is -0.310 e. The van der Waals surface area contributed by atoms with Crippen molar-refractivity contribution in [2.24, 2.45) is 5.92 Å². The van der Waals surface area contributed by atoms with Gasteiger partial charge in [0.25, 0.3) is 0 Å². The molecule has 1 aliphatic rings. The lowest BCUT2D eigenvalue weighted by Gasteiger charge is -2.25. The number of nitrogens with one attached hydrogen (secondary N) is 1. The maximum atomic E-state index is 11.3. The molecule has 1 heterocycles. The molecule has 0 aromatic heterocycles. The zero-order chi connectivity index (χ0) is 10.1. The van der Waals surface area contributed by atoms with E-state index in [9.17, 15) is 8.42 Å². The molecule has 1 fully saturated rings. The van der Waals surface area contributed by atoms with Crippen molar-refractivity contribution in [2.45, 2.75) is 32.7 Å². The van der Waals surface area contributed by atoms with Crippen LogP contribution in [0.25, 0.3) is 0 Å². The fourth-order valence-electron chi connectivity index (χ4n) is 1.60. The maximum Gasteiger partial charge on any atom is 0.152 e. The van der Waals surface area contributed by atoms with E-state index in [0.717, 1.165) is 13.0 Å². The summed E-state index contributed by atoms with van der Waals surface area (Å²) < 4.78 is 22.5. The molecule has 1 rings (SSSR count). The average molecular weight is 205 g/mol. The lowest BCUT2D eigenvalue weighted by atomic mass is 10.0. The first kappa shape index (κ1) is 11.0. The van der Waals surface area contributed by atoms with E-state index in [4.69, 9.17) is 0 Å². The van der Waals surface area contributed by atoms with Crippen LogP contribution < -0.4 is 5.32 Å². The topological polar surface area (TPSA) is 46.2 Å². The van der Waals surface area contributed by atoms with Crippen molar-refractivity contribution in [3.05, 3.63) is 0 Å². The molecule has 1 N–H and O–H groups in total. The van der Waals surface area contributed by atoms with Crippen molar-refractivity contribution >= 4 is 9.84 Å². The first-order chi connectivity index (χ1) is 5.83. The monoisotopic (exact) mass is 205 g/mol. The molecule has 3 nitrogen and oxygen atoms in total. The van der Waals surface area contributed by atoms with E-state index < -0.39 is 9.84 Å². The first-order valence-electron chi connectivity index (χ1n) is 4.78. The molecule has 0 aromatic carbocycles. The average Bonchev–Trinajstić information content (AvgIpc) is 2.23. The van der Waals surface area contributed by atoms with Crippen LogP contribution in [0.5, 0.6) is 0 Å². The lowest BCUT2D eigenvalue weighted by Crippen LogP contribution is -2.45. The van der Waals surface area contributed by atoms with E-state index in [2.05, 4.69) is 19.2 Å². The van der Waals surface area contributed by atoms with E-state index in [1.165, 1.54) is 0 Å². The van der Waals surface area contributed by atoms with Crippen LogP contribution in [-0.4, -0.2) is 32.0 Å². The Hall–Kier alpha value is -0.0900. The molecule has 0 saturated carbocycles. The van der Waals surface area contributed by atoms with Gasteiger partial charge in [0.15, 0.2) is 9.84 Å². The van der Waals surface area contributed by atoms with Crippen molar-refractivity contribution in [2.75, 3.05) is 18.1 Å². The van der Waals surface area contributed by atoms with E-state index >= 15 is 0 Å². The van der Waals surface area contributed by atoms with Gasteiger partial charge >= 0.3 is 0 Å². The Morgan fingerprint density at radius 1 is 1.46 bits per heavy atom. The highest BCUT2D eigenvalue weighted by molar-refractivity contribution is 7.91. The summed E-state index contributed by atoms with van der Waals surface area (Å²) in [6.45, 7) is 7.14. The molecule has 0 radical (unpaired) electrons. The zero-order valence-electron chi connectivity index (χ0n) is 8.63. The van der Waals surface area contributed by atoms with Gasteiger partial charge in [-0.3, -0.25) is 0 Å². The van der Waals surface area contributed by atoms with E-state index in [0.29, 0.717) is 17.4 Å². The summed E-state index contributed by atoms with van der Waals surface area (Å²) in [5.41, 5.74) is -0.177. The van der Waals surface area contributed by atoms with Crippen molar-refractivity contribution in [1.29, 1.82) is 0 Å². The smallest absolute Gasteiger partial charge is 0.152 e. The summed E-state index contributed by atoms with van der Waals surface area (Å²) in [6, 6.07) is 0. The van der Waals surface area contributed by atoms with Gasteiger partial charge < -0.3 is 5.32 Å². The fraction of sp³-hybridized carbons (Fsp3) is 1.00. The van der Waals surface area contributed by atoms with Gasteiger partial charge in [-0.2, -0.15) is 0 Å². The van der Waals surface area contributed by atoms with Crippen LogP contribution >= 0.6 is 0 Å². The molecule has 0 spiro atoms. The predicted octanol–water partition coefficient (Wildman–Crippen LogP) is 0.809. The molecule has 4 heteroatoms. The van der Waals surface area contributed by atoms with Gasteiger partial charge in [-0.1, -0.05) is 13.8 Å². The van der Waals surface area contributed by atoms with Gasteiger partial charge in [0.05, 0.1) is 11.5 Å². The Kier molecular flexibility index (Phi) is 3.02. The van der Waals surface area contributed by atoms with Gasteiger partial charge in [0.2, 0.25) is 0 Å². The molecule has 0 aromatic rings. The maximum absolute atomic E-state index is 11.3. The van der Waals surface area contributed by atoms with Gasteiger partial charge in [-0.15, -0.1) is 0 Å². The van der Waals surface area contributed by atoms with Crippen LogP contribution in [0.4, 0.5) is 0 Å². The van der Waals surface area contributed by atoms with Crippen molar-refractivity contribution in [3.63, 3.8) is 0 Å². The highest BCUT2D eigenvalue weighted by atomic mass is 32.2. The zero-order valence-corrected chi connectivity index (χ0v) is 9.45. The highest BCUT2D eigenvalue weighted by Gasteiger charge is 2.37. The molecular formula is C9H19NO2S. The van der Waals surface area contributed by atoms with Crippen molar-refractivity contribution in [3.8, 4) is 0 Å². The Morgan fingerprint density at radius 3 is 2.46 bits per heavy atom. The lowest BCUT2D eigenvalue weighted by molar-refractivity contribution is 0.371. The molecule has 13 heavy (non-hydrogen) atoms. The molecule has 1 saturated heterocycles. The van der Waals surface area contributed by atoms with Crippen LogP contribution in [0, 0.1) is 5.92 Å². The van der Waals surface area contributed by atoms with E-state index in [1.807, 2.05) is 6.92 Å². The second kappa shape index (κ2) is 3.58. The van der Waals surface area contributed by atoms with Crippen LogP contribution in [0.3, 0.4) is 0 Å². The van der Waals surface area contributed by atoms with Gasteiger partial charge in [-0.25, -0.2) is 8.42 Å². The molecule has 78 valence electrons. The quantitative estimate of drug-likeness (QED) is 0.741. The summed E-state index contributed by atoms with van der Waals surface area (Å²) in [4.78, 5) is 0. The summed E-state index contributed by atoms with van der Waals surface area (Å²) in [5.74, 6) is 1.21. The normalized spacial score (nSPS) is 32.6. The Morgan fingerprint density at radius 2 is 2.08 bits per heavy atom. The number of rotatable bonds is 3. The fourth-order valence-corrected chi connectivity index (χ4v) is 3.72. The number of hydrogen-bond donors (Lipinski definition) is 1. The third-order valence-electron chi connectivity index (χ3n) is 2.44. The highest BCUT2D eigenvalue weighted by Crippen LogP contribution is 2.22. The second-order valence-electron chi connectivity index (χ2n) is 4.68.